The minimum Gasteiger partial charge on any atom is -0.453 e. The summed E-state index contributed by atoms with van der Waals surface area (Å²) in [5.41, 5.74) is 8.93. The summed E-state index contributed by atoms with van der Waals surface area (Å²) < 4.78 is 8.94. The van der Waals surface area contributed by atoms with Gasteiger partial charge in [-0.2, -0.15) is 0 Å². The SMILES string of the molecule is C=C.CN.COC(N)=O.O=CCC1CCOC1. The van der Waals surface area contributed by atoms with E-state index in [-0.39, 0.29) is 0 Å². The Morgan fingerprint density at radius 3 is 2.24 bits per heavy atom. The number of ether oxygens (including phenoxy) is 2. The van der Waals surface area contributed by atoms with Crippen molar-refractivity contribution in [1.82, 2.24) is 0 Å². The number of rotatable bonds is 2. The van der Waals surface area contributed by atoms with Gasteiger partial charge < -0.3 is 25.7 Å². The molecule has 17 heavy (non-hydrogen) atoms. The Bertz CT molecular complexity index is 171. The number of carbonyl (C=O) groups excluding carboxylic acids is 2. The number of methoxy groups -OCH3 is 1. The predicted molar refractivity (Wildman–Crippen MR) is 67.6 cm³/mol. The van der Waals surface area contributed by atoms with Crippen molar-refractivity contribution >= 4 is 12.4 Å². The van der Waals surface area contributed by atoms with Crippen LogP contribution in [0.4, 0.5) is 4.79 Å². The standard InChI is InChI=1S/C6H10O2.C2H5NO2.C2H4.CH5N/c7-3-1-6-2-4-8-5-6;1-5-2(3)4;2*1-2/h3,6H,1-2,4-5H2;1H3,(H2,3,4);1-2H2;2H2,1H3. The lowest BCUT2D eigenvalue weighted by Crippen LogP contribution is -2.08. The zero-order valence-corrected chi connectivity index (χ0v) is 10.7. The Morgan fingerprint density at radius 1 is 1.53 bits per heavy atom. The third kappa shape index (κ3) is 20.6. The fraction of sp³-hybridized carbons (Fsp3) is 0.636. The first-order valence-corrected chi connectivity index (χ1v) is 5.13. The van der Waals surface area contributed by atoms with Gasteiger partial charge in [0.15, 0.2) is 0 Å². The molecule has 1 saturated heterocycles. The van der Waals surface area contributed by atoms with Crippen molar-refractivity contribution in [2.45, 2.75) is 12.8 Å². The lowest BCUT2D eigenvalue weighted by Gasteiger charge is -1.96. The molecule has 0 saturated carbocycles. The molecule has 102 valence electrons. The van der Waals surface area contributed by atoms with Gasteiger partial charge in [0.25, 0.3) is 0 Å². The molecule has 1 rings (SSSR count). The molecule has 0 spiro atoms. The molecule has 1 unspecified atom stereocenters. The number of carbonyl (C=O) groups is 2. The molecule has 1 aliphatic heterocycles. The summed E-state index contributed by atoms with van der Waals surface area (Å²) in [5, 5.41) is 0. The summed E-state index contributed by atoms with van der Waals surface area (Å²) in [5.74, 6) is 0.521. The fourth-order valence-corrected chi connectivity index (χ4v) is 0.905. The normalized spacial score (nSPS) is 15.8. The van der Waals surface area contributed by atoms with Gasteiger partial charge in [-0.3, -0.25) is 0 Å². The number of aldehydes is 1. The molecule has 0 radical (unpaired) electrons. The van der Waals surface area contributed by atoms with Crippen LogP contribution in [0.5, 0.6) is 0 Å². The molecule has 1 atom stereocenters. The molecule has 0 aromatic carbocycles. The highest BCUT2D eigenvalue weighted by Crippen LogP contribution is 2.13. The van der Waals surface area contributed by atoms with Crippen molar-refractivity contribution in [1.29, 1.82) is 0 Å². The van der Waals surface area contributed by atoms with E-state index in [1.54, 1.807) is 0 Å². The highest BCUT2D eigenvalue weighted by Gasteiger charge is 2.13. The second-order valence-electron chi connectivity index (χ2n) is 2.66. The minimum absolute atomic E-state index is 0.521. The van der Waals surface area contributed by atoms with E-state index in [4.69, 9.17) is 4.74 Å². The first kappa shape index (κ1) is 20.9. The van der Waals surface area contributed by atoms with Gasteiger partial charge in [-0.25, -0.2) is 4.79 Å². The van der Waals surface area contributed by atoms with E-state index < -0.39 is 6.09 Å². The van der Waals surface area contributed by atoms with Crippen molar-refractivity contribution in [3.8, 4) is 0 Å². The summed E-state index contributed by atoms with van der Waals surface area (Å²) in [4.78, 5) is 19.3. The van der Waals surface area contributed by atoms with E-state index in [9.17, 15) is 9.59 Å². The second kappa shape index (κ2) is 20.1. The number of amides is 1. The van der Waals surface area contributed by atoms with E-state index in [1.165, 1.54) is 14.2 Å². The maximum Gasteiger partial charge on any atom is 0.404 e. The van der Waals surface area contributed by atoms with Crippen LogP contribution >= 0.6 is 0 Å². The summed E-state index contributed by atoms with van der Waals surface area (Å²) in [6.07, 6.45) is 1.97. The third-order valence-corrected chi connectivity index (χ3v) is 1.65. The highest BCUT2D eigenvalue weighted by molar-refractivity contribution is 5.64. The zero-order chi connectivity index (χ0) is 14.1. The van der Waals surface area contributed by atoms with Crippen LogP contribution in [0.1, 0.15) is 12.8 Å². The number of hydrogen-bond donors (Lipinski definition) is 2. The van der Waals surface area contributed by atoms with Gasteiger partial charge in [-0.1, -0.05) is 0 Å². The second-order valence-corrected chi connectivity index (χ2v) is 2.66. The van der Waals surface area contributed by atoms with Crippen molar-refractivity contribution in [3.63, 3.8) is 0 Å². The maximum absolute atomic E-state index is 9.91. The fourth-order valence-electron chi connectivity index (χ4n) is 0.905. The van der Waals surface area contributed by atoms with Crippen molar-refractivity contribution in [2.24, 2.45) is 17.4 Å². The molecule has 0 aromatic heterocycles. The molecular weight excluding hydrogens is 224 g/mol. The summed E-state index contributed by atoms with van der Waals surface area (Å²) in [6.45, 7) is 7.64. The lowest BCUT2D eigenvalue weighted by atomic mass is 10.1. The molecule has 4 N–H and O–H groups in total. The van der Waals surface area contributed by atoms with Crippen LogP contribution in [0.2, 0.25) is 0 Å². The first-order valence-electron chi connectivity index (χ1n) is 5.13. The smallest absolute Gasteiger partial charge is 0.404 e. The van der Waals surface area contributed by atoms with Crippen LogP contribution in [-0.4, -0.2) is 39.8 Å². The Morgan fingerprint density at radius 2 is 2.00 bits per heavy atom. The van der Waals surface area contributed by atoms with Crippen molar-refractivity contribution in [2.75, 3.05) is 27.4 Å². The van der Waals surface area contributed by atoms with E-state index in [0.717, 1.165) is 25.9 Å². The van der Waals surface area contributed by atoms with E-state index in [0.29, 0.717) is 12.3 Å². The van der Waals surface area contributed by atoms with Gasteiger partial charge in [0.2, 0.25) is 0 Å². The van der Waals surface area contributed by atoms with Crippen LogP contribution in [-0.2, 0) is 14.3 Å². The molecule has 1 amide bonds. The summed E-state index contributed by atoms with van der Waals surface area (Å²) in [6, 6.07) is 0. The monoisotopic (exact) mass is 248 g/mol. The molecule has 1 aliphatic rings. The van der Waals surface area contributed by atoms with Gasteiger partial charge in [0.05, 0.1) is 7.11 Å². The molecule has 1 fully saturated rings. The predicted octanol–water partition coefficient (Wildman–Crippen LogP) is 0.701. The van der Waals surface area contributed by atoms with Crippen LogP contribution in [0.25, 0.3) is 0 Å². The van der Waals surface area contributed by atoms with Crippen molar-refractivity contribution < 1.29 is 19.1 Å². The van der Waals surface area contributed by atoms with Crippen LogP contribution in [0.15, 0.2) is 13.2 Å². The van der Waals surface area contributed by atoms with Crippen LogP contribution in [0, 0.1) is 5.92 Å². The third-order valence-electron chi connectivity index (χ3n) is 1.65. The topological polar surface area (TPSA) is 105 Å². The van der Waals surface area contributed by atoms with Gasteiger partial charge in [0.1, 0.15) is 6.29 Å². The quantitative estimate of drug-likeness (QED) is 0.553. The van der Waals surface area contributed by atoms with E-state index in [1.807, 2.05) is 0 Å². The number of primary amides is 1. The summed E-state index contributed by atoms with van der Waals surface area (Å²) >= 11 is 0. The Kier molecular flexibility index (Phi) is 24.7. The maximum atomic E-state index is 9.91. The molecule has 1 heterocycles. The van der Waals surface area contributed by atoms with E-state index >= 15 is 0 Å². The van der Waals surface area contributed by atoms with Gasteiger partial charge >= 0.3 is 6.09 Å². The molecule has 6 nitrogen and oxygen atoms in total. The largest absolute Gasteiger partial charge is 0.453 e. The van der Waals surface area contributed by atoms with Gasteiger partial charge in [-0.15, -0.1) is 13.2 Å². The number of nitrogens with two attached hydrogens (primary N) is 2. The zero-order valence-electron chi connectivity index (χ0n) is 10.7. The first-order chi connectivity index (χ1) is 8.20. The minimum atomic E-state index is -0.745. The summed E-state index contributed by atoms with van der Waals surface area (Å²) in [7, 11) is 2.72. The van der Waals surface area contributed by atoms with Crippen molar-refractivity contribution in [3.05, 3.63) is 13.2 Å². The van der Waals surface area contributed by atoms with E-state index in [2.05, 4.69) is 29.4 Å². The average Bonchev–Trinajstić information content (AvgIpc) is 2.88. The average molecular weight is 248 g/mol. The molecule has 0 aromatic rings. The molecule has 0 aliphatic carbocycles. The highest BCUT2D eigenvalue weighted by atomic mass is 16.5. The van der Waals surface area contributed by atoms with Gasteiger partial charge in [0, 0.05) is 19.6 Å². The van der Waals surface area contributed by atoms with Crippen LogP contribution in [0.3, 0.4) is 0 Å². The molecular formula is C11H24N2O4. The Labute approximate surface area is 103 Å². The Hall–Kier alpha value is -1.40. The van der Waals surface area contributed by atoms with Gasteiger partial charge in [-0.05, 0) is 19.4 Å². The lowest BCUT2D eigenvalue weighted by molar-refractivity contribution is -0.108. The Balaban J connectivity index is -0.000000190. The molecule has 0 bridgehead atoms. The molecule has 6 heteroatoms. The number of hydrogen-bond acceptors (Lipinski definition) is 5. The van der Waals surface area contributed by atoms with Crippen LogP contribution < -0.4 is 11.5 Å².